The lowest BCUT2D eigenvalue weighted by molar-refractivity contribution is -0.137. The number of nitrogens with one attached hydrogen (secondary N) is 1. The highest BCUT2D eigenvalue weighted by molar-refractivity contribution is 8.00. The molecule has 1 aromatic heterocycles. The van der Waals surface area contributed by atoms with Crippen molar-refractivity contribution in [1.82, 2.24) is 10.3 Å². The van der Waals surface area contributed by atoms with E-state index in [1.807, 2.05) is 0 Å². The first-order valence-electron chi connectivity index (χ1n) is 6.42. The Kier molecular flexibility index (Phi) is 5.47. The number of amides is 1. The summed E-state index contributed by atoms with van der Waals surface area (Å²) in [4.78, 5) is 15.3. The highest BCUT2D eigenvalue weighted by Gasteiger charge is 2.32. The molecule has 0 bridgehead atoms. The van der Waals surface area contributed by atoms with Gasteiger partial charge < -0.3 is 5.32 Å². The molecule has 2 rings (SSSR count). The number of rotatable bonds is 4. The second-order valence-corrected chi connectivity index (χ2v) is 8.56. The van der Waals surface area contributed by atoms with Crippen molar-refractivity contribution in [3.63, 3.8) is 0 Å². The molecule has 23 heavy (non-hydrogen) atoms. The minimum Gasteiger partial charge on any atom is -0.352 e. The highest BCUT2D eigenvalue weighted by atomic mass is 35.5. The van der Waals surface area contributed by atoms with Gasteiger partial charge in [-0.25, -0.2) is 13.4 Å². The minimum absolute atomic E-state index is 0.0391. The van der Waals surface area contributed by atoms with Crippen LogP contribution in [0.25, 0.3) is 0 Å². The predicted octanol–water partition coefficient (Wildman–Crippen LogP) is 2.15. The summed E-state index contributed by atoms with van der Waals surface area (Å²) in [6.45, 7) is 0. The van der Waals surface area contributed by atoms with Gasteiger partial charge in [-0.1, -0.05) is 23.4 Å². The van der Waals surface area contributed by atoms with E-state index in [1.54, 1.807) is 0 Å². The Morgan fingerprint density at radius 2 is 2.17 bits per heavy atom. The van der Waals surface area contributed by atoms with Gasteiger partial charge in [-0.2, -0.15) is 13.2 Å². The molecule has 11 heteroatoms. The smallest absolute Gasteiger partial charge is 0.352 e. The fourth-order valence-electron chi connectivity index (χ4n) is 2.00. The molecule has 0 unspecified atom stereocenters. The lowest BCUT2D eigenvalue weighted by atomic mass is 10.3. The number of hydrogen-bond acceptors (Lipinski definition) is 5. The number of sulfone groups is 1. The lowest BCUT2D eigenvalue weighted by Crippen LogP contribution is -2.36. The molecule has 2 heterocycles. The quantitative estimate of drug-likeness (QED) is 0.800. The monoisotopic (exact) mass is 388 g/mol. The summed E-state index contributed by atoms with van der Waals surface area (Å²) in [5, 5.41) is 2.48. The molecule has 1 saturated heterocycles. The molecule has 1 aliphatic heterocycles. The fourth-order valence-corrected chi connectivity index (χ4v) is 4.68. The Bertz CT molecular complexity index is 710. The SMILES string of the molecule is O=C(CSc1ncc(C(F)(F)F)cc1Cl)N[C@@H]1CCS(=O)(=O)C1. The number of pyridine rings is 1. The normalized spacial score (nSPS) is 20.4. The zero-order chi connectivity index (χ0) is 17.3. The lowest BCUT2D eigenvalue weighted by Gasteiger charge is -2.11. The molecular weight excluding hydrogens is 377 g/mol. The van der Waals surface area contributed by atoms with Gasteiger partial charge in [0.25, 0.3) is 0 Å². The van der Waals surface area contributed by atoms with E-state index in [4.69, 9.17) is 11.6 Å². The molecule has 1 N–H and O–H groups in total. The molecule has 0 saturated carbocycles. The van der Waals surface area contributed by atoms with E-state index in [0.29, 0.717) is 12.6 Å². The number of alkyl halides is 3. The molecule has 1 atom stereocenters. The van der Waals surface area contributed by atoms with Crippen LogP contribution in [0.3, 0.4) is 0 Å². The van der Waals surface area contributed by atoms with E-state index >= 15 is 0 Å². The molecule has 1 aromatic rings. The molecule has 5 nitrogen and oxygen atoms in total. The number of carbonyl (C=O) groups is 1. The third-order valence-electron chi connectivity index (χ3n) is 3.07. The van der Waals surface area contributed by atoms with Crippen molar-refractivity contribution in [1.29, 1.82) is 0 Å². The highest BCUT2D eigenvalue weighted by Crippen LogP contribution is 2.33. The molecule has 0 radical (unpaired) electrons. The van der Waals surface area contributed by atoms with Crippen LogP contribution in [0.5, 0.6) is 0 Å². The Hall–Kier alpha value is -1.00. The molecule has 0 aromatic carbocycles. The number of halogens is 4. The summed E-state index contributed by atoms with van der Waals surface area (Å²) >= 11 is 6.62. The molecule has 1 amide bonds. The summed E-state index contributed by atoms with van der Waals surface area (Å²) in [5.74, 6) is -0.593. The van der Waals surface area contributed by atoms with Gasteiger partial charge in [0.15, 0.2) is 9.84 Å². The van der Waals surface area contributed by atoms with Gasteiger partial charge in [0.05, 0.1) is 27.8 Å². The van der Waals surface area contributed by atoms with E-state index in [1.165, 1.54) is 0 Å². The van der Waals surface area contributed by atoms with Gasteiger partial charge in [-0.15, -0.1) is 0 Å². The number of hydrogen-bond donors (Lipinski definition) is 1. The van der Waals surface area contributed by atoms with Crippen LogP contribution in [0.2, 0.25) is 5.02 Å². The summed E-state index contributed by atoms with van der Waals surface area (Å²) in [6.07, 6.45) is -3.53. The van der Waals surface area contributed by atoms with Crippen LogP contribution < -0.4 is 5.32 Å². The van der Waals surface area contributed by atoms with Crippen LogP contribution in [0.1, 0.15) is 12.0 Å². The summed E-state index contributed by atoms with van der Waals surface area (Å²) < 4.78 is 60.0. The van der Waals surface area contributed by atoms with E-state index in [2.05, 4.69) is 10.3 Å². The van der Waals surface area contributed by atoms with Crippen LogP contribution in [-0.2, 0) is 20.8 Å². The molecule has 0 spiro atoms. The van der Waals surface area contributed by atoms with Crippen molar-refractivity contribution in [2.75, 3.05) is 17.3 Å². The maximum atomic E-state index is 12.5. The molecule has 128 valence electrons. The number of aromatic nitrogens is 1. The van der Waals surface area contributed by atoms with Crippen LogP contribution in [-0.4, -0.2) is 42.6 Å². The second kappa shape index (κ2) is 6.86. The average molecular weight is 389 g/mol. The third-order valence-corrected chi connectivity index (χ3v) is 6.25. The Labute approximate surface area is 139 Å². The predicted molar refractivity (Wildman–Crippen MR) is 80.2 cm³/mol. The maximum Gasteiger partial charge on any atom is 0.417 e. The van der Waals surface area contributed by atoms with Crippen molar-refractivity contribution in [2.45, 2.75) is 23.7 Å². The maximum absolute atomic E-state index is 12.5. The van der Waals surface area contributed by atoms with Crippen molar-refractivity contribution in [2.24, 2.45) is 0 Å². The van der Waals surface area contributed by atoms with Gasteiger partial charge in [-0.05, 0) is 12.5 Å². The largest absolute Gasteiger partial charge is 0.417 e. The van der Waals surface area contributed by atoms with Crippen LogP contribution in [0.4, 0.5) is 13.2 Å². The molecule has 1 fully saturated rings. The average Bonchev–Trinajstić information content (AvgIpc) is 2.75. The third kappa shape index (κ3) is 5.25. The number of nitrogens with zero attached hydrogens (tertiary/aromatic N) is 1. The zero-order valence-corrected chi connectivity index (χ0v) is 13.9. The van der Waals surface area contributed by atoms with E-state index in [0.717, 1.165) is 17.8 Å². The molecule has 1 aliphatic rings. The first-order chi connectivity index (χ1) is 10.6. The molecular formula is C12H12ClF3N2O3S2. The van der Waals surface area contributed by atoms with Crippen molar-refractivity contribution >= 4 is 39.1 Å². The van der Waals surface area contributed by atoms with Crippen molar-refractivity contribution in [3.05, 3.63) is 22.8 Å². The van der Waals surface area contributed by atoms with E-state index < -0.39 is 33.5 Å². The topological polar surface area (TPSA) is 76.1 Å². The van der Waals surface area contributed by atoms with Gasteiger partial charge in [0.2, 0.25) is 5.91 Å². The second-order valence-electron chi connectivity index (χ2n) is 4.96. The first-order valence-corrected chi connectivity index (χ1v) is 9.61. The van der Waals surface area contributed by atoms with Crippen molar-refractivity contribution in [3.8, 4) is 0 Å². The summed E-state index contributed by atoms with van der Waals surface area (Å²) in [5.41, 5.74) is -0.965. The van der Waals surface area contributed by atoms with Gasteiger partial charge in [-0.3, -0.25) is 4.79 Å². The Morgan fingerprint density at radius 3 is 2.70 bits per heavy atom. The van der Waals surface area contributed by atoms with Crippen LogP contribution >= 0.6 is 23.4 Å². The Morgan fingerprint density at radius 1 is 1.48 bits per heavy atom. The number of carbonyl (C=O) groups excluding carboxylic acids is 1. The summed E-state index contributed by atoms with van der Waals surface area (Å²) in [6, 6.07) is 0.322. The van der Waals surface area contributed by atoms with E-state index in [-0.39, 0.29) is 27.3 Å². The van der Waals surface area contributed by atoms with Crippen molar-refractivity contribution < 1.29 is 26.4 Å². The first kappa shape index (κ1) is 18.3. The number of thioether (sulfide) groups is 1. The van der Waals surface area contributed by atoms with Gasteiger partial charge >= 0.3 is 6.18 Å². The summed E-state index contributed by atoms with van der Waals surface area (Å²) in [7, 11) is -3.10. The standard InChI is InChI=1S/C12H12ClF3N2O3S2/c13-9-3-7(12(14,15)16)4-17-11(9)22-5-10(19)18-8-1-2-23(20,21)6-8/h3-4,8H,1-2,5-6H2,(H,18,19)/t8-/m1/s1. The minimum atomic E-state index is -4.54. The Balaban J connectivity index is 1.90. The van der Waals surface area contributed by atoms with Crippen LogP contribution in [0.15, 0.2) is 17.3 Å². The zero-order valence-electron chi connectivity index (χ0n) is 11.6. The molecule has 0 aliphatic carbocycles. The van der Waals surface area contributed by atoms with Crippen LogP contribution in [0, 0.1) is 0 Å². The van der Waals surface area contributed by atoms with Gasteiger partial charge in [0, 0.05) is 12.2 Å². The van der Waals surface area contributed by atoms with E-state index in [9.17, 15) is 26.4 Å². The van der Waals surface area contributed by atoms with Gasteiger partial charge in [0.1, 0.15) is 5.03 Å². The fraction of sp³-hybridized carbons (Fsp3) is 0.500.